The maximum atomic E-state index is 12.1. The van der Waals surface area contributed by atoms with Crippen LogP contribution in [0.5, 0.6) is 0 Å². The summed E-state index contributed by atoms with van der Waals surface area (Å²) in [5.74, 6) is 0.186. The van der Waals surface area contributed by atoms with Crippen LogP contribution in [0.3, 0.4) is 0 Å². The molecule has 2 N–H and O–H groups in total. The number of carbonyl (C=O) groups excluding carboxylic acids is 2. The molecule has 0 bridgehead atoms. The summed E-state index contributed by atoms with van der Waals surface area (Å²) in [5, 5.41) is 6.30. The molecule has 2 fully saturated rings. The van der Waals surface area contributed by atoms with E-state index in [1.54, 1.807) is 4.90 Å². The number of amides is 2. The first-order chi connectivity index (χ1) is 11.2. The number of hydrogen-bond donors (Lipinski definition) is 2. The zero-order valence-corrected chi connectivity index (χ0v) is 13.5. The molecule has 2 aliphatic rings. The summed E-state index contributed by atoms with van der Waals surface area (Å²) < 4.78 is 0. The second kappa shape index (κ2) is 7.49. The second-order valence-electron chi connectivity index (χ2n) is 6.42. The number of nitrogens with zero attached hydrogens (tertiary/aromatic N) is 1. The molecule has 23 heavy (non-hydrogen) atoms. The normalized spacial score (nSPS) is 19.0. The van der Waals surface area contributed by atoms with Crippen molar-refractivity contribution in [1.29, 1.82) is 0 Å². The zero-order chi connectivity index (χ0) is 16.1. The highest BCUT2D eigenvalue weighted by Crippen LogP contribution is 2.29. The smallest absolute Gasteiger partial charge is 0.239 e. The van der Waals surface area contributed by atoms with E-state index in [-0.39, 0.29) is 18.4 Å². The summed E-state index contributed by atoms with van der Waals surface area (Å²) in [6.07, 6.45) is 7.37. The van der Waals surface area contributed by atoms with Gasteiger partial charge in [-0.2, -0.15) is 0 Å². The van der Waals surface area contributed by atoms with Crippen molar-refractivity contribution in [3.05, 3.63) is 24.3 Å². The van der Waals surface area contributed by atoms with E-state index in [0.717, 1.165) is 37.2 Å². The van der Waals surface area contributed by atoms with Gasteiger partial charge < -0.3 is 15.5 Å². The molecule has 1 saturated carbocycles. The van der Waals surface area contributed by atoms with Gasteiger partial charge in [0, 0.05) is 19.0 Å². The maximum Gasteiger partial charge on any atom is 0.239 e. The van der Waals surface area contributed by atoms with Gasteiger partial charge in [-0.15, -0.1) is 0 Å². The maximum absolute atomic E-state index is 12.1. The fourth-order valence-electron chi connectivity index (χ4n) is 3.46. The molecular formula is C18H25N3O2. The summed E-state index contributed by atoms with van der Waals surface area (Å²) in [7, 11) is 0. The number of hydrogen-bond acceptors (Lipinski definition) is 3. The van der Waals surface area contributed by atoms with Crippen LogP contribution in [-0.4, -0.2) is 30.9 Å². The fraction of sp³-hybridized carbons (Fsp3) is 0.556. The van der Waals surface area contributed by atoms with Crippen LogP contribution in [-0.2, 0) is 9.59 Å². The van der Waals surface area contributed by atoms with Crippen LogP contribution in [0.25, 0.3) is 0 Å². The van der Waals surface area contributed by atoms with Crippen molar-refractivity contribution in [2.24, 2.45) is 0 Å². The molecule has 0 unspecified atom stereocenters. The van der Waals surface area contributed by atoms with Crippen molar-refractivity contribution in [3.63, 3.8) is 0 Å². The summed E-state index contributed by atoms with van der Waals surface area (Å²) in [6, 6.07) is 8.03. The van der Waals surface area contributed by atoms with E-state index < -0.39 is 0 Å². The summed E-state index contributed by atoms with van der Waals surface area (Å²) in [5.41, 5.74) is 1.72. The lowest BCUT2D eigenvalue weighted by Gasteiger charge is -2.23. The first kappa shape index (κ1) is 15.8. The molecule has 1 aromatic rings. The summed E-state index contributed by atoms with van der Waals surface area (Å²) in [4.78, 5) is 25.9. The van der Waals surface area contributed by atoms with E-state index in [0.29, 0.717) is 12.5 Å². The van der Waals surface area contributed by atoms with Crippen LogP contribution in [0.2, 0.25) is 0 Å². The number of anilines is 2. The largest absolute Gasteiger partial charge is 0.374 e. The Hall–Kier alpha value is -2.04. The van der Waals surface area contributed by atoms with Gasteiger partial charge in [-0.25, -0.2) is 0 Å². The Balaban J connectivity index is 1.57. The molecule has 0 atom stereocenters. The van der Waals surface area contributed by atoms with Gasteiger partial charge in [0.1, 0.15) is 0 Å². The Morgan fingerprint density at radius 1 is 1.13 bits per heavy atom. The Morgan fingerprint density at radius 3 is 2.65 bits per heavy atom. The molecule has 5 heteroatoms. The Labute approximate surface area is 137 Å². The average Bonchev–Trinajstić information content (AvgIpc) is 3.00. The van der Waals surface area contributed by atoms with Gasteiger partial charge in [0.15, 0.2) is 0 Å². The summed E-state index contributed by atoms with van der Waals surface area (Å²) >= 11 is 0. The molecule has 0 aromatic heterocycles. The van der Waals surface area contributed by atoms with Gasteiger partial charge in [-0.1, -0.05) is 31.4 Å². The van der Waals surface area contributed by atoms with Gasteiger partial charge in [0.05, 0.1) is 17.9 Å². The number of benzene rings is 1. The van der Waals surface area contributed by atoms with E-state index >= 15 is 0 Å². The first-order valence-electron chi connectivity index (χ1n) is 8.66. The molecular weight excluding hydrogens is 290 g/mol. The fourth-order valence-corrected chi connectivity index (χ4v) is 3.46. The van der Waals surface area contributed by atoms with Crippen LogP contribution < -0.4 is 15.5 Å². The van der Waals surface area contributed by atoms with E-state index in [9.17, 15) is 9.59 Å². The molecule has 1 saturated heterocycles. The molecule has 1 aliphatic carbocycles. The lowest BCUT2D eigenvalue weighted by Crippen LogP contribution is -2.39. The Morgan fingerprint density at radius 2 is 1.91 bits per heavy atom. The highest BCUT2D eigenvalue weighted by Gasteiger charge is 2.23. The predicted molar refractivity (Wildman–Crippen MR) is 91.5 cm³/mol. The standard InChI is InChI=1S/C18H25N3O2/c22-17(20-14-7-2-1-3-8-14)13-19-15-9-4-5-10-16(15)21-12-6-11-18(21)23/h4-5,9-10,14,19H,1-3,6-8,11-13H2,(H,20,22). The van der Waals surface area contributed by atoms with Crippen LogP contribution in [0.4, 0.5) is 11.4 Å². The minimum Gasteiger partial charge on any atom is -0.374 e. The highest BCUT2D eigenvalue weighted by atomic mass is 16.2. The van der Waals surface area contributed by atoms with Crippen molar-refractivity contribution < 1.29 is 9.59 Å². The van der Waals surface area contributed by atoms with E-state index in [1.807, 2.05) is 24.3 Å². The number of carbonyl (C=O) groups is 2. The molecule has 1 aliphatic heterocycles. The molecule has 3 rings (SSSR count). The third-order valence-electron chi connectivity index (χ3n) is 4.68. The van der Waals surface area contributed by atoms with E-state index in [1.165, 1.54) is 19.3 Å². The quantitative estimate of drug-likeness (QED) is 0.878. The highest BCUT2D eigenvalue weighted by molar-refractivity contribution is 5.98. The zero-order valence-electron chi connectivity index (χ0n) is 13.5. The van der Waals surface area contributed by atoms with Crippen molar-refractivity contribution in [3.8, 4) is 0 Å². The SMILES string of the molecule is O=C(CNc1ccccc1N1CCCC1=O)NC1CCCCC1. The van der Waals surface area contributed by atoms with Gasteiger partial charge in [-0.3, -0.25) is 9.59 Å². The Kier molecular flexibility index (Phi) is 5.16. The molecule has 124 valence electrons. The molecule has 0 spiro atoms. The van der Waals surface area contributed by atoms with Crippen molar-refractivity contribution in [2.45, 2.75) is 51.0 Å². The van der Waals surface area contributed by atoms with Crippen molar-refractivity contribution in [1.82, 2.24) is 5.32 Å². The molecule has 2 amide bonds. The van der Waals surface area contributed by atoms with Crippen LogP contribution in [0.15, 0.2) is 24.3 Å². The minimum atomic E-state index is 0.0273. The topological polar surface area (TPSA) is 61.4 Å². The van der Waals surface area contributed by atoms with E-state index in [4.69, 9.17) is 0 Å². The molecule has 1 aromatic carbocycles. The van der Waals surface area contributed by atoms with Crippen LogP contribution in [0, 0.1) is 0 Å². The number of para-hydroxylation sites is 2. The van der Waals surface area contributed by atoms with Gasteiger partial charge in [-0.05, 0) is 31.4 Å². The van der Waals surface area contributed by atoms with E-state index in [2.05, 4.69) is 10.6 Å². The van der Waals surface area contributed by atoms with Gasteiger partial charge in [0.25, 0.3) is 0 Å². The third-order valence-corrected chi connectivity index (χ3v) is 4.68. The van der Waals surface area contributed by atoms with Gasteiger partial charge in [0.2, 0.25) is 11.8 Å². The number of nitrogens with one attached hydrogen (secondary N) is 2. The van der Waals surface area contributed by atoms with Crippen LogP contribution >= 0.6 is 0 Å². The van der Waals surface area contributed by atoms with Crippen LogP contribution in [0.1, 0.15) is 44.9 Å². The summed E-state index contributed by atoms with van der Waals surface area (Å²) in [6.45, 7) is 1.00. The third kappa shape index (κ3) is 4.03. The molecule has 0 radical (unpaired) electrons. The lowest BCUT2D eigenvalue weighted by atomic mass is 9.95. The lowest BCUT2D eigenvalue weighted by molar-refractivity contribution is -0.120. The predicted octanol–water partition coefficient (Wildman–Crippen LogP) is 2.67. The monoisotopic (exact) mass is 315 g/mol. The van der Waals surface area contributed by atoms with Crippen molar-refractivity contribution >= 4 is 23.2 Å². The average molecular weight is 315 g/mol. The van der Waals surface area contributed by atoms with Gasteiger partial charge >= 0.3 is 0 Å². The Bertz CT molecular complexity index is 567. The molecule has 5 nitrogen and oxygen atoms in total. The molecule has 1 heterocycles. The number of rotatable bonds is 5. The second-order valence-corrected chi connectivity index (χ2v) is 6.42. The van der Waals surface area contributed by atoms with Crippen molar-refractivity contribution in [2.75, 3.05) is 23.3 Å². The first-order valence-corrected chi connectivity index (χ1v) is 8.66. The minimum absolute atomic E-state index is 0.0273.